The second-order valence-corrected chi connectivity index (χ2v) is 20.0. The van der Waals surface area contributed by atoms with Crippen LogP contribution in [0.3, 0.4) is 0 Å². The van der Waals surface area contributed by atoms with Crippen molar-refractivity contribution in [3.8, 4) is 39.5 Å². The van der Waals surface area contributed by atoms with Crippen LogP contribution in [0.4, 0.5) is 40.6 Å². The van der Waals surface area contributed by atoms with E-state index in [-0.39, 0.29) is 11.3 Å². The average molecular weight is 1040 g/mol. The van der Waals surface area contributed by atoms with Crippen LogP contribution in [0.15, 0.2) is 132 Å². The van der Waals surface area contributed by atoms with Gasteiger partial charge in [-0.15, -0.1) is 0 Å². The Morgan fingerprint density at radius 2 is 1.28 bits per heavy atom. The molecular formula is C62H65ClN8O5. The van der Waals surface area contributed by atoms with Crippen LogP contribution < -0.4 is 35.9 Å². The Morgan fingerprint density at radius 3 is 2.01 bits per heavy atom. The Bertz CT molecular complexity index is 3360. The van der Waals surface area contributed by atoms with Crippen LogP contribution in [-0.4, -0.2) is 58.6 Å². The SMILES string of the molecule is CCCCCCCCCCCCCCOc1ccccc1Nc1nc(Nc2ccc(Cl)c(Nc3cc(Oc4ccccc4)c4[nH]c(=O)c(-c5ccc(C)cc5)c5c4c3C(=O)c3ccccc3-5)c2)nc(N2CCOCC2)n1. The average Bonchev–Trinajstić information content (AvgIpc) is 3.45. The standard InChI is InChI=1S/C62H65ClN8O5/c1-3-4-5-6-7-8-9-10-11-12-13-21-36-75-51-27-20-19-26-48(51)66-61-68-60(69-62(70-61)71-34-37-74-38-35-71)64-43-32-33-47(63)49(39-43)65-50-40-52(76-44-22-15-14-16-23-44)57-56-54(45-24-17-18-25-46(45)58(72)55(50)56)53(59(73)67-57)42-30-28-41(2)29-31-42/h14-20,22-33,39-40,65H,3-13,21,34-38H2,1-2H3,(H,67,73)(H2,64,66,68,69,70). The summed E-state index contributed by atoms with van der Waals surface area (Å²) < 4.78 is 18.6. The molecule has 3 heterocycles. The maximum atomic E-state index is 15.0. The highest BCUT2D eigenvalue weighted by atomic mass is 35.5. The zero-order valence-electron chi connectivity index (χ0n) is 43.4. The second-order valence-electron chi connectivity index (χ2n) is 19.6. The van der Waals surface area contributed by atoms with Gasteiger partial charge in [0.25, 0.3) is 5.56 Å². The number of aryl methyl sites for hydroxylation is 1. The van der Waals surface area contributed by atoms with Crippen LogP contribution in [0.1, 0.15) is 105 Å². The minimum Gasteiger partial charge on any atom is -0.491 e. The first-order chi connectivity index (χ1) is 37.3. The van der Waals surface area contributed by atoms with Crippen molar-refractivity contribution < 1.29 is 19.0 Å². The number of fused-ring (bicyclic) bond motifs is 2. The molecule has 4 N–H and O–H groups in total. The van der Waals surface area contributed by atoms with Crippen LogP contribution in [0, 0.1) is 6.92 Å². The normalized spacial score (nSPS) is 12.9. The Kier molecular flexibility index (Phi) is 16.8. The van der Waals surface area contributed by atoms with Gasteiger partial charge in [-0.25, -0.2) is 0 Å². The Labute approximate surface area is 449 Å². The first kappa shape index (κ1) is 51.7. The molecular weight excluding hydrogens is 972 g/mol. The van der Waals surface area contributed by atoms with E-state index in [9.17, 15) is 9.59 Å². The molecule has 6 aromatic carbocycles. The predicted molar refractivity (Wildman–Crippen MR) is 307 cm³/mol. The maximum absolute atomic E-state index is 15.0. The number of aromatic amines is 1. The fraction of sp³-hybridized carbons (Fsp3) is 0.306. The van der Waals surface area contributed by atoms with E-state index in [4.69, 9.17) is 40.8 Å². The number of carbonyl (C=O) groups is 1. The minimum absolute atomic E-state index is 0.216. The molecule has 76 heavy (non-hydrogen) atoms. The molecule has 8 aromatic rings. The number of anilines is 7. The van der Waals surface area contributed by atoms with E-state index >= 15 is 0 Å². The van der Waals surface area contributed by atoms with Gasteiger partial charge in [-0.3, -0.25) is 9.59 Å². The molecule has 0 atom stereocenters. The summed E-state index contributed by atoms with van der Waals surface area (Å²) in [6.45, 7) is 7.22. The summed E-state index contributed by atoms with van der Waals surface area (Å²) in [5.41, 5.74) is 6.74. The Morgan fingerprint density at radius 1 is 0.618 bits per heavy atom. The molecule has 14 heteroatoms. The van der Waals surface area contributed by atoms with Gasteiger partial charge in [-0.2, -0.15) is 15.0 Å². The summed E-state index contributed by atoms with van der Waals surface area (Å²) in [6.07, 6.45) is 15.4. The number of unbranched alkanes of at least 4 members (excludes halogenated alkanes) is 11. The van der Waals surface area contributed by atoms with Crippen LogP contribution in [0.5, 0.6) is 17.2 Å². The monoisotopic (exact) mass is 1040 g/mol. The van der Waals surface area contributed by atoms with Crippen molar-refractivity contribution in [1.29, 1.82) is 0 Å². The van der Waals surface area contributed by atoms with E-state index in [1.807, 2.05) is 116 Å². The summed E-state index contributed by atoms with van der Waals surface area (Å²) in [5, 5.41) is 11.3. The number of carbonyl (C=O) groups excluding carboxylic acids is 1. The van der Waals surface area contributed by atoms with E-state index in [2.05, 4.69) is 32.8 Å². The van der Waals surface area contributed by atoms with Crippen molar-refractivity contribution in [2.24, 2.45) is 0 Å². The van der Waals surface area contributed by atoms with Gasteiger partial charge in [0.05, 0.1) is 58.5 Å². The molecule has 2 aliphatic rings. The molecule has 0 spiro atoms. The third-order valence-electron chi connectivity index (χ3n) is 14.0. The first-order valence-electron chi connectivity index (χ1n) is 26.9. The highest BCUT2D eigenvalue weighted by molar-refractivity contribution is 6.34. The third kappa shape index (κ3) is 12.2. The lowest BCUT2D eigenvalue weighted by atomic mass is 9.80. The van der Waals surface area contributed by atoms with E-state index in [0.717, 1.165) is 35.4 Å². The van der Waals surface area contributed by atoms with E-state index in [0.29, 0.717) is 123 Å². The van der Waals surface area contributed by atoms with Gasteiger partial charge in [-0.05, 0) is 66.9 Å². The molecule has 0 bridgehead atoms. The lowest BCUT2D eigenvalue weighted by Crippen LogP contribution is -2.37. The number of hydrogen-bond donors (Lipinski definition) is 4. The molecule has 13 nitrogen and oxygen atoms in total. The minimum atomic E-state index is -0.307. The Balaban J connectivity index is 0.934. The zero-order valence-corrected chi connectivity index (χ0v) is 44.1. The number of hydrogen-bond acceptors (Lipinski definition) is 12. The molecule has 1 aliphatic heterocycles. The third-order valence-corrected chi connectivity index (χ3v) is 14.4. The van der Waals surface area contributed by atoms with Gasteiger partial charge in [0.2, 0.25) is 17.8 Å². The fourth-order valence-electron chi connectivity index (χ4n) is 10.1. The maximum Gasteiger partial charge on any atom is 0.257 e. The summed E-state index contributed by atoms with van der Waals surface area (Å²) >= 11 is 7.06. The highest BCUT2D eigenvalue weighted by Gasteiger charge is 2.33. The van der Waals surface area contributed by atoms with Crippen molar-refractivity contribution in [2.45, 2.75) is 90.9 Å². The number of pyridine rings is 1. The summed E-state index contributed by atoms with van der Waals surface area (Å²) in [7, 11) is 0. The number of aromatic nitrogens is 4. The lowest BCUT2D eigenvalue weighted by molar-refractivity contribution is 0.104. The number of morpholine rings is 1. The number of benzene rings is 6. The molecule has 1 fully saturated rings. The number of ketones is 1. The van der Waals surface area contributed by atoms with Crippen molar-refractivity contribution in [3.63, 3.8) is 0 Å². The van der Waals surface area contributed by atoms with E-state index in [1.165, 1.54) is 64.2 Å². The number of halogens is 1. The van der Waals surface area contributed by atoms with Crippen LogP contribution >= 0.6 is 11.6 Å². The van der Waals surface area contributed by atoms with Crippen LogP contribution in [-0.2, 0) is 4.74 Å². The van der Waals surface area contributed by atoms with Crippen LogP contribution in [0.25, 0.3) is 33.2 Å². The molecule has 0 amide bonds. The summed E-state index contributed by atoms with van der Waals surface area (Å²) in [4.78, 5) is 49.3. The van der Waals surface area contributed by atoms with Gasteiger partial charge in [-0.1, -0.05) is 174 Å². The summed E-state index contributed by atoms with van der Waals surface area (Å²) in [5.74, 6) is 2.52. The molecule has 2 aromatic heterocycles. The number of rotatable bonds is 24. The molecule has 0 unspecified atom stereocenters. The van der Waals surface area contributed by atoms with Gasteiger partial charge in [0, 0.05) is 41.4 Å². The van der Waals surface area contributed by atoms with Crippen molar-refractivity contribution in [3.05, 3.63) is 159 Å². The van der Waals surface area contributed by atoms with Crippen molar-refractivity contribution in [1.82, 2.24) is 19.9 Å². The highest BCUT2D eigenvalue weighted by Crippen LogP contribution is 2.49. The molecule has 1 saturated heterocycles. The van der Waals surface area contributed by atoms with Crippen LogP contribution in [0.2, 0.25) is 5.02 Å². The van der Waals surface area contributed by atoms with Gasteiger partial charge in [0.15, 0.2) is 11.5 Å². The molecule has 0 radical (unpaired) electrons. The largest absolute Gasteiger partial charge is 0.491 e. The molecule has 10 rings (SSSR count). The molecule has 1 aliphatic carbocycles. The number of nitrogens with zero attached hydrogens (tertiary/aromatic N) is 4. The van der Waals surface area contributed by atoms with Gasteiger partial charge in [0.1, 0.15) is 11.5 Å². The number of nitrogens with one attached hydrogen (secondary N) is 4. The lowest BCUT2D eigenvalue weighted by Gasteiger charge is -2.27. The Hall–Kier alpha value is -7.74. The number of H-pyrrole nitrogens is 1. The number of ether oxygens (including phenoxy) is 3. The smallest absolute Gasteiger partial charge is 0.257 e. The zero-order chi connectivity index (χ0) is 52.2. The van der Waals surface area contributed by atoms with E-state index < -0.39 is 0 Å². The molecule has 390 valence electrons. The molecule has 0 saturated carbocycles. The summed E-state index contributed by atoms with van der Waals surface area (Å²) in [6, 6.07) is 39.6. The van der Waals surface area contributed by atoms with Gasteiger partial charge >= 0.3 is 0 Å². The first-order valence-corrected chi connectivity index (χ1v) is 27.3. The van der Waals surface area contributed by atoms with Gasteiger partial charge < -0.3 is 40.0 Å². The predicted octanol–water partition coefficient (Wildman–Crippen LogP) is 15.5. The fourth-order valence-corrected chi connectivity index (χ4v) is 10.2. The topological polar surface area (TPSA) is 156 Å². The van der Waals surface area contributed by atoms with Crippen molar-refractivity contribution in [2.75, 3.05) is 53.8 Å². The second kappa shape index (κ2) is 24.7. The van der Waals surface area contributed by atoms with Crippen molar-refractivity contribution >= 4 is 68.9 Å². The van der Waals surface area contributed by atoms with E-state index in [1.54, 1.807) is 18.2 Å². The quantitative estimate of drug-likeness (QED) is 0.0426. The number of para-hydroxylation sites is 3.